The van der Waals surface area contributed by atoms with E-state index in [4.69, 9.17) is 21.1 Å². The smallest absolute Gasteiger partial charge is 0.339 e. The first-order chi connectivity index (χ1) is 12.0. The van der Waals surface area contributed by atoms with Crippen molar-refractivity contribution >= 4 is 50.6 Å². The van der Waals surface area contributed by atoms with Gasteiger partial charge < -0.3 is 14.8 Å². The molecule has 25 heavy (non-hydrogen) atoms. The molecule has 130 valence electrons. The number of hydrogen-bond acceptors (Lipinski definition) is 7. The lowest BCUT2D eigenvalue weighted by Crippen LogP contribution is -2.06. The number of methoxy groups -OCH3 is 1. The van der Waals surface area contributed by atoms with Crippen molar-refractivity contribution in [3.8, 4) is 5.75 Å². The van der Waals surface area contributed by atoms with Crippen LogP contribution >= 0.6 is 22.9 Å². The highest BCUT2D eigenvalue weighted by Gasteiger charge is 2.20. The Labute approximate surface area is 153 Å². The SMILES string of the molecule is CCOC(=O)c1csc2nc(Cl)nc(Nc3cc(C)ccc3OC)c12. The summed E-state index contributed by atoms with van der Waals surface area (Å²) in [4.78, 5) is 21.3. The molecule has 0 amide bonds. The van der Waals surface area contributed by atoms with Crippen LogP contribution in [0.1, 0.15) is 22.8 Å². The van der Waals surface area contributed by atoms with Gasteiger partial charge in [-0.05, 0) is 43.1 Å². The van der Waals surface area contributed by atoms with Gasteiger partial charge in [0.25, 0.3) is 0 Å². The number of thiophene rings is 1. The van der Waals surface area contributed by atoms with E-state index in [1.165, 1.54) is 11.3 Å². The van der Waals surface area contributed by atoms with Gasteiger partial charge in [-0.1, -0.05) is 6.07 Å². The average Bonchev–Trinajstić information content (AvgIpc) is 2.99. The molecule has 2 heterocycles. The van der Waals surface area contributed by atoms with Crippen molar-refractivity contribution in [1.82, 2.24) is 9.97 Å². The predicted octanol–water partition coefficient (Wildman–Crippen LogP) is 4.58. The number of esters is 1. The van der Waals surface area contributed by atoms with Gasteiger partial charge in [-0.2, -0.15) is 4.98 Å². The zero-order valence-corrected chi connectivity index (χ0v) is 15.5. The summed E-state index contributed by atoms with van der Waals surface area (Å²) in [5, 5.41) is 5.59. The minimum absolute atomic E-state index is 0.0962. The van der Waals surface area contributed by atoms with E-state index in [-0.39, 0.29) is 5.28 Å². The normalized spacial score (nSPS) is 10.7. The Morgan fingerprint density at radius 2 is 2.16 bits per heavy atom. The molecule has 0 unspecified atom stereocenters. The van der Waals surface area contributed by atoms with E-state index in [0.717, 1.165) is 11.3 Å². The van der Waals surface area contributed by atoms with Crippen LogP contribution in [0.2, 0.25) is 5.28 Å². The van der Waals surface area contributed by atoms with Gasteiger partial charge in [-0.15, -0.1) is 11.3 Å². The van der Waals surface area contributed by atoms with Crippen molar-refractivity contribution in [2.75, 3.05) is 19.0 Å². The fraction of sp³-hybridized carbons (Fsp3) is 0.235. The zero-order chi connectivity index (χ0) is 18.0. The topological polar surface area (TPSA) is 73.3 Å². The first-order valence-electron chi connectivity index (χ1n) is 7.57. The highest BCUT2D eigenvalue weighted by Crippen LogP contribution is 2.35. The first kappa shape index (κ1) is 17.4. The van der Waals surface area contributed by atoms with E-state index < -0.39 is 5.97 Å². The molecule has 0 atom stereocenters. The number of benzene rings is 1. The van der Waals surface area contributed by atoms with E-state index in [1.807, 2.05) is 25.1 Å². The highest BCUT2D eigenvalue weighted by atomic mass is 35.5. The second-order valence-corrected chi connectivity index (χ2v) is 6.42. The Balaban J connectivity index is 2.14. The average molecular weight is 378 g/mol. The van der Waals surface area contributed by atoms with Crippen LogP contribution in [0, 0.1) is 6.92 Å². The predicted molar refractivity (Wildman–Crippen MR) is 99.4 cm³/mol. The van der Waals surface area contributed by atoms with E-state index >= 15 is 0 Å². The molecule has 0 aliphatic rings. The third-order valence-corrected chi connectivity index (χ3v) is 4.55. The minimum Gasteiger partial charge on any atom is -0.495 e. The lowest BCUT2D eigenvalue weighted by molar-refractivity contribution is 0.0529. The molecule has 2 aromatic heterocycles. The van der Waals surface area contributed by atoms with Crippen LogP contribution in [0.25, 0.3) is 10.2 Å². The van der Waals surface area contributed by atoms with E-state index in [9.17, 15) is 4.79 Å². The number of fused-ring (bicyclic) bond motifs is 1. The quantitative estimate of drug-likeness (QED) is 0.518. The number of rotatable bonds is 5. The molecular formula is C17H16ClN3O3S. The van der Waals surface area contributed by atoms with E-state index in [0.29, 0.717) is 34.0 Å². The molecule has 1 N–H and O–H groups in total. The van der Waals surface area contributed by atoms with Crippen LogP contribution in [0.5, 0.6) is 5.75 Å². The summed E-state index contributed by atoms with van der Waals surface area (Å²) in [5.74, 6) is 0.670. The van der Waals surface area contributed by atoms with Gasteiger partial charge >= 0.3 is 5.97 Å². The fourth-order valence-corrected chi connectivity index (χ4v) is 3.54. The largest absolute Gasteiger partial charge is 0.495 e. The summed E-state index contributed by atoms with van der Waals surface area (Å²) in [6.45, 7) is 4.03. The number of ether oxygens (including phenoxy) is 2. The van der Waals surface area contributed by atoms with Gasteiger partial charge in [-0.25, -0.2) is 9.78 Å². The van der Waals surface area contributed by atoms with E-state index in [2.05, 4.69) is 15.3 Å². The minimum atomic E-state index is -0.418. The maximum absolute atomic E-state index is 12.2. The summed E-state index contributed by atoms with van der Waals surface area (Å²) in [5.41, 5.74) is 2.18. The Hall–Kier alpha value is -2.38. The number of carbonyl (C=O) groups is 1. The van der Waals surface area contributed by atoms with Gasteiger partial charge in [0, 0.05) is 5.38 Å². The van der Waals surface area contributed by atoms with Gasteiger partial charge in [-0.3, -0.25) is 0 Å². The monoisotopic (exact) mass is 377 g/mol. The molecule has 0 fully saturated rings. The summed E-state index contributed by atoms with van der Waals surface area (Å²) in [7, 11) is 1.59. The van der Waals surface area contributed by atoms with Crippen molar-refractivity contribution in [1.29, 1.82) is 0 Å². The third-order valence-electron chi connectivity index (χ3n) is 3.51. The lowest BCUT2D eigenvalue weighted by Gasteiger charge is -2.13. The van der Waals surface area contributed by atoms with Crippen molar-refractivity contribution in [3.05, 3.63) is 40.0 Å². The molecule has 8 heteroatoms. The summed E-state index contributed by atoms with van der Waals surface area (Å²) < 4.78 is 10.5. The number of halogens is 1. The van der Waals surface area contributed by atoms with Crippen LogP contribution in [0.4, 0.5) is 11.5 Å². The highest BCUT2D eigenvalue weighted by molar-refractivity contribution is 7.17. The molecule has 1 aromatic carbocycles. The molecule has 0 radical (unpaired) electrons. The maximum Gasteiger partial charge on any atom is 0.339 e. The second-order valence-electron chi connectivity index (χ2n) is 5.22. The number of carbonyl (C=O) groups excluding carboxylic acids is 1. The fourth-order valence-electron chi connectivity index (χ4n) is 2.41. The van der Waals surface area contributed by atoms with Gasteiger partial charge in [0.2, 0.25) is 5.28 Å². The Bertz CT molecular complexity index is 942. The van der Waals surface area contributed by atoms with Gasteiger partial charge in [0.15, 0.2) is 0 Å². The zero-order valence-electron chi connectivity index (χ0n) is 13.9. The van der Waals surface area contributed by atoms with Crippen molar-refractivity contribution < 1.29 is 14.3 Å². The van der Waals surface area contributed by atoms with E-state index in [1.54, 1.807) is 19.4 Å². The Kier molecular flexibility index (Phi) is 5.06. The molecule has 0 saturated carbocycles. The van der Waals surface area contributed by atoms with Crippen molar-refractivity contribution in [3.63, 3.8) is 0 Å². The molecule has 0 aliphatic carbocycles. The maximum atomic E-state index is 12.2. The van der Waals surface area contributed by atoms with Gasteiger partial charge in [0.05, 0.1) is 30.4 Å². The molecule has 0 bridgehead atoms. The molecule has 0 spiro atoms. The number of nitrogens with zero attached hydrogens (tertiary/aromatic N) is 2. The second kappa shape index (κ2) is 7.25. The summed E-state index contributed by atoms with van der Waals surface area (Å²) in [6.07, 6.45) is 0. The van der Waals surface area contributed by atoms with Crippen LogP contribution in [-0.2, 0) is 4.74 Å². The van der Waals surface area contributed by atoms with Crippen LogP contribution in [0.15, 0.2) is 23.6 Å². The summed E-state index contributed by atoms with van der Waals surface area (Å²) >= 11 is 7.35. The Morgan fingerprint density at radius 3 is 2.88 bits per heavy atom. The van der Waals surface area contributed by atoms with Crippen LogP contribution in [-0.4, -0.2) is 29.7 Å². The van der Waals surface area contributed by atoms with Crippen molar-refractivity contribution in [2.24, 2.45) is 0 Å². The first-order valence-corrected chi connectivity index (χ1v) is 8.82. The number of aryl methyl sites for hydroxylation is 1. The number of nitrogens with one attached hydrogen (secondary N) is 1. The van der Waals surface area contributed by atoms with Crippen molar-refractivity contribution in [2.45, 2.75) is 13.8 Å². The van der Waals surface area contributed by atoms with Crippen LogP contribution < -0.4 is 10.1 Å². The lowest BCUT2D eigenvalue weighted by atomic mass is 10.2. The molecule has 0 saturated heterocycles. The molecule has 0 aliphatic heterocycles. The van der Waals surface area contributed by atoms with Crippen LogP contribution in [0.3, 0.4) is 0 Å². The molecular weight excluding hydrogens is 362 g/mol. The summed E-state index contributed by atoms with van der Waals surface area (Å²) in [6, 6.07) is 5.73. The number of hydrogen-bond donors (Lipinski definition) is 1. The Morgan fingerprint density at radius 1 is 1.36 bits per heavy atom. The molecule has 3 rings (SSSR count). The molecule has 3 aromatic rings. The van der Waals surface area contributed by atoms with Gasteiger partial charge in [0.1, 0.15) is 16.4 Å². The molecule has 6 nitrogen and oxygen atoms in total. The number of anilines is 2. The number of aromatic nitrogens is 2. The third kappa shape index (κ3) is 3.52. The standard InChI is InChI=1S/C17H16ClN3O3S/c1-4-24-16(22)10-8-25-15-13(10)14(20-17(18)21-15)19-11-7-9(2)5-6-12(11)23-3/h5-8H,4H2,1-3H3,(H,19,20,21).